The van der Waals surface area contributed by atoms with Gasteiger partial charge in [0, 0.05) is 11.8 Å². The third-order valence-corrected chi connectivity index (χ3v) is 5.79. The predicted molar refractivity (Wildman–Crippen MR) is 92.9 cm³/mol. The summed E-state index contributed by atoms with van der Waals surface area (Å²) in [6, 6.07) is 14.0. The van der Waals surface area contributed by atoms with Gasteiger partial charge in [-0.05, 0) is 30.7 Å². The summed E-state index contributed by atoms with van der Waals surface area (Å²) in [6.45, 7) is -0.297. The first kappa shape index (κ1) is 17.4. The predicted octanol–water partition coefficient (Wildman–Crippen LogP) is 2.42. The first-order chi connectivity index (χ1) is 11.9. The van der Waals surface area contributed by atoms with E-state index in [4.69, 9.17) is 4.74 Å². The van der Waals surface area contributed by atoms with E-state index in [0.717, 1.165) is 0 Å². The summed E-state index contributed by atoms with van der Waals surface area (Å²) in [5, 5.41) is 0. The molecule has 25 heavy (non-hydrogen) atoms. The molecule has 1 aliphatic rings. The maximum atomic E-state index is 13.2. The number of rotatable bonds is 5. The molecule has 132 valence electrons. The van der Waals surface area contributed by atoms with Gasteiger partial charge < -0.3 is 9.64 Å². The van der Waals surface area contributed by atoms with Crippen LogP contribution in [0.15, 0.2) is 54.6 Å². The molecule has 7 heteroatoms. The minimum absolute atomic E-state index is 0.0619. The van der Waals surface area contributed by atoms with E-state index in [1.807, 2.05) is 6.07 Å². The van der Waals surface area contributed by atoms with Crippen LogP contribution in [0, 0.1) is 5.82 Å². The molecule has 1 amide bonds. The van der Waals surface area contributed by atoms with Crippen molar-refractivity contribution in [3.63, 3.8) is 0 Å². The van der Waals surface area contributed by atoms with Gasteiger partial charge in [0.2, 0.25) is 0 Å². The molecule has 3 rings (SSSR count). The molecule has 1 heterocycles. The number of benzene rings is 2. The van der Waals surface area contributed by atoms with Crippen molar-refractivity contribution in [1.29, 1.82) is 0 Å². The molecule has 5 nitrogen and oxygen atoms in total. The van der Waals surface area contributed by atoms with Crippen LogP contribution in [0.4, 0.5) is 10.1 Å². The number of ether oxygens (including phenoxy) is 1. The topological polar surface area (TPSA) is 63.7 Å². The van der Waals surface area contributed by atoms with Gasteiger partial charge >= 0.3 is 0 Å². The van der Waals surface area contributed by atoms with Crippen LogP contribution in [0.5, 0.6) is 5.75 Å². The van der Waals surface area contributed by atoms with Crippen LogP contribution in [0.2, 0.25) is 0 Å². The van der Waals surface area contributed by atoms with Gasteiger partial charge in [-0.15, -0.1) is 0 Å². The van der Waals surface area contributed by atoms with Crippen LogP contribution in [-0.4, -0.2) is 38.5 Å². The first-order valence-electron chi connectivity index (χ1n) is 7.90. The number of carbonyl (C=O) groups excluding carboxylic acids is 1. The van der Waals surface area contributed by atoms with E-state index in [1.54, 1.807) is 30.3 Å². The molecule has 1 atom stereocenters. The zero-order valence-corrected chi connectivity index (χ0v) is 14.3. The lowest BCUT2D eigenvalue weighted by Gasteiger charge is -2.28. The Hall–Kier alpha value is -2.41. The molecule has 0 radical (unpaired) electrons. The highest BCUT2D eigenvalue weighted by molar-refractivity contribution is 7.91. The molecule has 1 aliphatic heterocycles. The first-order valence-corrected chi connectivity index (χ1v) is 9.73. The largest absolute Gasteiger partial charge is 0.484 e. The van der Waals surface area contributed by atoms with Gasteiger partial charge in [0.1, 0.15) is 11.6 Å². The number of hydrogen-bond acceptors (Lipinski definition) is 4. The highest BCUT2D eigenvalue weighted by Gasteiger charge is 2.35. The second-order valence-corrected chi connectivity index (χ2v) is 8.13. The van der Waals surface area contributed by atoms with Crippen molar-refractivity contribution in [2.75, 3.05) is 23.0 Å². The number of sulfone groups is 1. The number of nitrogens with zero attached hydrogens (tertiary/aromatic N) is 1. The molecular formula is C18H18FNO4S. The minimum atomic E-state index is -3.14. The van der Waals surface area contributed by atoms with Crippen LogP contribution >= 0.6 is 0 Å². The van der Waals surface area contributed by atoms with Gasteiger partial charge in [-0.25, -0.2) is 12.8 Å². The quantitative estimate of drug-likeness (QED) is 0.818. The van der Waals surface area contributed by atoms with Gasteiger partial charge in [-0.2, -0.15) is 0 Å². The molecule has 0 bridgehead atoms. The summed E-state index contributed by atoms with van der Waals surface area (Å²) in [5.74, 6) is -0.558. The molecule has 0 spiro atoms. The summed E-state index contributed by atoms with van der Waals surface area (Å²) in [7, 11) is -3.14. The smallest absolute Gasteiger partial charge is 0.265 e. The third-order valence-electron chi connectivity index (χ3n) is 4.03. The normalized spacial score (nSPS) is 18.7. The van der Waals surface area contributed by atoms with E-state index in [-0.39, 0.29) is 29.8 Å². The molecule has 2 aromatic rings. The molecule has 0 saturated carbocycles. The summed E-state index contributed by atoms with van der Waals surface area (Å²) in [4.78, 5) is 14.2. The molecule has 2 aromatic carbocycles. The van der Waals surface area contributed by atoms with Gasteiger partial charge in [0.15, 0.2) is 16.4 Å². The molecule has 0 N–H and O–H groups in total. The maximum absolute atomic E-state index is 13.2. The number of para-hydroxylation sites is 1. The van der Waals surface area contributed by atoms with E-state index in [0.29, 0.717) is 12.1 Å². The zero-order valence-electron chi connectivity index (χ0n) is 13.5. The summed E-state index contributed by atoms with van der Waals surface area (Å²) in [5.41, 5.74) is 0.623. The summed E-state index contributed by atoms with van der Waals surface area (Å²) < 4.78 is 42.2. The lowest BCUT2D eigenvalue weighted by atomic mass is 10.2. The van der Waals surface area contributed by atoms with Crippen LogP contribution in [-0.2, 0) is 14.6 Å². The van der Waals surface area contributed by atoms with Crippen LogP contribution in [0.25, 0.3) is 0 Å². The zero-order chi connectivity index (χ0) is 17.9. The van der Waals surface area contributed by atoms with Crippen molar-refractivity contribution < 1.29 is 22.3 Å². The molecule has 0 aromatic heterocycles. The number of amides is 1. The average Bonchev–Trinajstić information content (AvgIpc) is 2.94. The summed E-state index contributed by atoms with van der Waals surface area (Å²) in [6.07, 6.45) is 0.392. The Labute approximate surface area is 145 Å². The van der Waals surface area contributed by atoms with Crippen LogP contribution in [0.3, 0.4) is 0 Å². The fourth-order valence-electron chi connectivity index (χ4n) is 2.90. The Morgan fingerprint density at radius 1 is 1.16 bits per heavy atom. The second-order valence-electron chi connectivity index (χ2n) is 5.90. The monoisotopic (exact) mass is 363 g/mol. The van der Waals surface area contributed by atoms with E-state index < -0.39 is 21.7 Å². The van der Waals surface area contributed by atoms with E-state index in [1.165, 1.54) is 23.1 Å². The Kier molecular flexibility index (Phi) is 5.03. The molecule has 0 unspecified atom stereocenters. The number of anilines is 1. The molecule has 1 fully saturated rings. The number of hydrogen-bond donors (Lipinski definition) is 0. The lowest BCUT2D eigenvalue weighted by Crippen LogP contribution is -2.43. The van der Waals surface area contributed by atoms with Gasteiger partial charge in [0.05, 0.1) is 17.5 Å². The maximum Gasteiger partial charge on any atom is 0.265 e. The minimum Gasteiger partial charge on any atom is -0.484 e. The van der Waals surface area contributed by atoms with E-state index in [9.17, 15) is 17.6 Å². The van der Waals surface area contributed by atoms with Crippen molar-refractivity contribution >= 4 is 21.4 Å². The Morgan fingerprint density at radius 3 is 2.56 bits per heavy atom. The standard InChI is InChI=1S/C18H18FNO4S/c19-14-5-4-8-17(11-14)24-12-18(21)20(15-6-2-1-3-7-15)16-9-10-25(22,23)13-16/h1-8,11,16H,9-10,12-13H2/t16-/m1/s1. The van der Waals surface area contributed by atoms with Gasteiger partial charge in [-0.1, -0.05) is 24.3 Å². The van der Waals surface area contributed by atoms with Crippen molar-refractivity contribution in [3.05, 3.63) is 60.4 Å². The molecule has 1 saturated heterocycles. The summed E-state index contributed by atoms with van der Waals surface area (Å²) >= 11 is 0. The Bertz CT molecular complexity index is 854. The lowest BCUT2D eigenvalue weighted by molar-refractivity contribution is -0.121. The fraction of sp³-hybridized carbons (Fsp3) is 0.278. The van der Waals surface area contributed by atoms with Gasteiger partial charge in [-0.3, -0.25) is 4.79 Å². The number of halogens is 1. The SMILES string of the molecule is O=C(COc1cccc(F)c1)N(c1ccccc1)[C@@H]1CCS(=O)(=O)C1. The second kappa shape index (κ2) is 7.23. The number of carbonyl (C=O) groups is 1. The Balaban J connectivity index is 1.78. The van der Waals surface area contributed by atoms with Crippen molar-refractivity contribution in [2.24, 2.45) is 0 Å². The van der Waals surface area contributed by atoms with Crippen LogP contribution in [0.1, 0.15) is 6.42 Å². The average molecular weight is 363 g/mol. The van der Waals surface area contributed by atoms with Crippen LogP contribution < -0.4 is 9.64 Å². The molecular weight excluding hydrogens is 345 g/mol. The van der Waals surface area contributed by atoms with Crippen molar-refractivity contribution in [1.82, 2.24) is 0 Å². The van der Waals surface area contributed by atoms with Gasteiger partial charge in [0.25, 0.3) is 5.91 Å². The molecule has 0 aliphatic carbocycles. The fourth-order valence-corrected chi connectivity index (χ4v) is 4.60. The Morgan fingerprint density at radius 2 is 1.92 bits per heavy atom. The van der Waals surface area contributed by atoms with Crippen molar-refractivity contribution in [2.45, 2.75) is 12.5 Å². The van der Waals surface area contributed by atoms with Crippen molar-refractivity contribution in [3.8, 4) is 5.75 Å². The van der Waals surface area contributed by atoms with E-state index in [2.05, 4.69) is 0 Å². The van der Waals surface area contributed by atoms with E-state index >= 15 is 0 Å². The third kappa shape index (κ3) is 4.36. The highest BCUT2D eigenvalue weighted by atomic mass is 32.2. The highest BCUT2D eigenvalue weighted by Crippen LogP contribution is 2.25.